The zero-order chi connectivity index (χ0) is 13.2. The van der Waals surface area contributed by atoms with Crippen molar-refractivity contribution in [2.75, 3.05) is 6.61 Å². The maximum Gasteiger partial charge on any atom is 0.258 e. The fraction of sp³-hybridized carbons (Fsp3) is 0.500. The van der Waals surface area contributed by atoms with Crippen molar-refractivity contribution in [3.63, 3.8) is 0 Å². The van der Waals surface area contributed by atoms with Gasteiger partial charge in [-0.3, -0.25) is 0 Å². The summed E-state index contributed by atoms with van der Waals surface area (Å²) in [6.45, 7) is 0.441. The Labute approximate surface area is 123 Å². The molecule has 2 N–H and O–H groups in total. The van der Waals surface area contributed by atoms with E-state index in [1.54, 1.807) is 11.3 Å². The molecule has 0 aliphatic heterocycles. The van der Waals surface area contributed by atoms with E-state index in [-0.39, 0.29) is 6.04 Å². The Morgan fingerprint density at radius 3 is 3.05 bits per heavy atom. The lowest BCUT2D eigenvalue weighted by Crippen LogP contribution is -2.27. The van der Waals surface area contributed by atoms with E-state index in [4.69, 9.17) is 15.0 Å². The van der Waals surface area contributed by atoms with Crippen LogP contribution >= 0.6 is 27.3 Å². The number of thiophene rings is 1. The number of rotatable bonds is 5. The first kappa shape index (κ1) is 13.2. The largest absolute Gasteiger partial charge is 0.376 e. The molecule has 1 aliphatic rings. The highest BCUT2D eigenvalue weighted by atomic mass is 79.9. The van der Waals surface area contributed by atoms with Crippen LogP contribution in [-0.4, -0.2) is 22.9 Å². The highest BCUT2D eigenvalue weighted by molar-refractivity contribution is 9.11. The molecule has 0 saturated heterocycles. The molecule has 2 heterocycles. The van der Waals surface area contributed by atoms with E-state index in [1.165, 1.54) is 6.42 Å². The molecule has 1 unspecified atom stereocenters. The number of aromatic nitrogens is 2. The van der Waals surface area contributed by atoms with Gasteiger partial charge in [0.15, 0.2) is 5.82 Å². The van der Waals surface area contributed by atoms with Crippen LogP contribution < -0.4 is 5.73 Å². The summed E-state index contributed by atoms with van der Waals surface area (Å²) in [5, 5.41) is 5.88. The molecule has 0 aromatic carbocycles. The van der Waals surface area contributed by atoms with Crippen molar-refractivity contribution in [3.05, 3.63) is 21.1 Å². The first-order chi connectivity index (χ1) is 9.22. The van der Waals surface area contributed by atoms with Gasteiger partial charge in [-0.2, -0.15) is 4.98 Å². The van der Waals surface area contributed by atoms with E-state index < -0.39 is 0 Å². The summed E-state index contributed by atoms with van der Waals surface area (Å²) in [7, 11) is 0. The van der Waals surface area contributed by atoms with Crippen LogP contribution in [0.1, 0.15) is 31.1 Å². The molecule has 2 aromatic rings. The minimum Gasteiger partial charge on any atom is -0.376 e. The van der Waals surface area contributed by atoms with Gasteiger partial charge >= 0.3 is 0 Å². The van der Waals surface area contributed by atoms with E-state index in [9.17, 15) is 0 Å². The zero-order valence-corrected chi connectivity index (χ0v) is 12.6. The summed E-state index contributed by atoms with van der Waals surface area (Å²) < 4.78 is 11.9. The van der Waals surface area contributed by atoms with Crippen LogP contribution in [0, 0.1) is 0 Å². The molecule has 19 heavy (non-hydrogen) atoms. The van der Waals surface area contributed by atoms with Crippen LogP contribution in [0.15, 0.2) is 19.8 Å². The minimum absolute atomic E-state index is 0.333. The molecule has 7 heteroatoms. The van der Waals surface area contributed by atoms with Crippen molar-refractivity contribution in [2.24, 2.45) is 5.73 Å². The van der Waals surface area contributed by atoms with Crippen LogP contribution in [0.2, 0.25) is 0 Å². The topological polar surface area (TPSA) is 74.2 Å². The lowest BCUT2D eigenvalue weighted by molar-refractivity contribution is -0.00549. The summed E-state index contributed by atoms with van der Waals surface area (Å²) in [4.78, 5) is 4.32. The van der Waals surface area contributed by atoms with Gasteiger partial charge in [-0.25, -0.2) is 0 Å². The average molecular weight is 344 g/mol. The molecule has 0 amide bonds. The number of hydrogen-bond acceptors (Lipinski definition) is 6. The maximum atomic E-state index is 6.00. The van der Waals surface area contributed by atoms with E-state index in [0.717, 1.165) is 22.2 Å². The van der Waals surface area contributed by atoms with Crippen molar-refractivity contribution >= 4 is 27.3 Å². The monoisotopic (exact) mass is 343 g/mol. The van der Waals surface area contributed by atoms with Gasteiger partial charge in [0.05, 0.1) is 28.1 Å². The predicted molar refractivity (Wildman–Crippen MR) is 75.8 cm³/mol. The fourth-order valence-electron chi connectivity index (χ4n) is 1.78. The van der Waals surface area contributed by atoms with Gasteiger partial charge in [-0.1, -0.05) is 5.16 Å². The number of hydrogen-bond donors (Lipinski definition) is 1. The Bertz CT molecular complexity index is 553. The lowest BCUT2D eigenvalue weighted by Gasteiger charge is -2.26. The van der Waals surface area contributed by atoms with Gasteiger partial charge in [0.2, 0.25) is 0 Å². The minimum atomic E-state index is -0.333. The van der Waals surface area contributed by atoms with Crippen molar-refractivity contribution in [1.82, 2.24) is 10.1 Å². The summed E-state index contributed by atoms with van der Waals surface area (Å²) in [6, 6.07) is 1.61. The molecule has 0 radical (unpaired) electrons. The van der Waals surface area contributed by atoms with E-state index >= 15 is 0 Å². The molecule has 0 bridgehead atoms. The maximum absolute atomic E-state index is 6.00. The van der Waals surface area contributed by atoms with E-state index in [2.05, 4.69) is 26.1 Å². The molecule has 102 valence electrons. The van der Waals surface area contributed by atoms with Crippen LogP contribution in [0.3, 0.4) is 0 Å². The normalized spacial score (nSPS) is 17.4. The second-order valence-electron chi connectivity index (χ2n) is 4.59. The van der Waals surface area contributed by atoms with Gasteiger partial charge in [-0.05, 0) is 41.3 Å². The third-order valence-corrected chi connectivity index (χ3v) is 4.66. The highest BCUT2D eigenvalue weighted by Gasteiger charge is 2.21. The van der Waals surface area contributed by atoms with Gasteiger partial charge < -0.3 is 15.0 Å². The van der Waals surface area contributed by atoms with Gasteiger partial charge in [-0.15, -0.1) is 11.3 Å². The Kier molecular flexibility index (Phi) is 3.97. The van der Waals surface area contributed by atoms with Crippen molar-refractivity contribution in [2.45, 2.75) is 31.4 Å². The van der Waals surface area contributed by atoms with Crippen LogP contribution in [0.4, 0.5) is 0 Å². The molecule has 1 fully saturated rings. The quantitative estimate of drug-likeness (QED) is 0.902. The van der Waals surface area contributed by atoms with Gasteiger partial charge in [0, 0.05) is 5.38 Å². The number of nitrogens with zero attached hydrogens (tertiary/aromatic N) is 2. The van der Waals surface area contributed by atoms with Crippen LogP contribution in [-0.2, 0) is 4.74 Å². The summed E-state index contributed by atoms with van der Waals surface area (Å²) >= 11 is 4.98. The molecule has 0 spiro atoms. The van der Waals surface area contributed by atoms with Crippen molar-refractivity contribution in [3.8, 4) is 11.5 Å². The fourth-order valence-corrected chi connectivity index (χ4v) is 2.91. The molecule has 3 rings (SSSR count). The van der Waals surface area contributed by atoms with E-state index in [1.807, 2.05) is 11.4 Å². The Morgan fingerprint density at radius 2 is 2.42 bits per heavy atom. The molecule has 5 nitrogen and oxygen atoms in total. The first-order valence-electron chi connectivity index (χ1n) is 6.17. The summed E-state index contributed by atoms with van der Waals surface area (Å²) in [5.41, 5.74) is 6.91. The molecular formula is C12H14BrN3O2S. The molecule has 2 aromatic heterocycles. The van der Waals surface area contributed by atoms with Crippen LogP contribution in [0.5, 0.6) is 0 Å². The average Bonchev–Trinajstić information content (AvgIpc) is 2.94. The summed E-state index contributed by atoms with van der Waals surface area (Å²) in [6.07, 6.45) is 3.88. The van der Waals surface area contributed by atoms with Crippen molar-refractivity contribution < 1.29 is 9.26 Å². The molecular weight excluding hydrogens is 330 g/mol. The highest BCUT2D eigenvalue weighted by Crippen LogP contribution is 2.28. The van der Waals surface area contributed by atoms with Gasteiger partial charge in [0.1, 0.15) is 0 Å². The lowest BCUT2D eigenvalue weighted by atomic mass is 9.96. The summed E-state index contributed by atoms with van der Waals surface area (Å²) in [5.74, 6) is 0.993. The van der Waals surface area contributed by atoms with E-state index in [0.29, 0.717) is 24.4 Å². The smallest absolute Gasteiger partial charge is 0.258 e. The third kappa shape index (κ3) is 3.05. The Hall–Kier alpha value is -0.760. The predicted octanol–water partition coefficient (Wildman–Crippen LogP) is 3.13. The number of halogens is 1. The van der Waals surface area contributed by atoms with Gasteiger partial charge in [0.25, 0.3) is 5.89 Å². The zero-order valence-electron chi connectivity index (χ0n) is 10.2. The first-order valence-corrected chi connectivity index (χ1v) is 7.85. The number of nitrogens with two attached hydrogens (primary N) is 1. The standard InChI is InChI=1S/C12H14BrN3O2S/c13-10-4-7(6-19-10)12-15-11(16-18-12)9(14)5-17-8-2-1-3-8/h4,6,8-9H,1-3,5,14H2. The second-order valence-corrected chi connectivity index (χ2v) is 6.88. The van der Waals surface area contributed by atoms with Crippen molar-refractivity contribution in [1.29, 1.82) is 0 Å². The Balaban J connectivity index is 1.63. The third-order valence-electron chi connectivity index (χ3n) is 3.15. The van der Waals surface area contributed by atoms with Crippen LogP contribution in [0.25, 0.3) is 11.5 Å². The number of ether oxygens (including phenoxy) is 1. The molecule has 1 atom stereocenters. The SMILES string of the molecule is NC(COC1CCC1)c1noc(-c2csc(Br)c2)n1. The molecule has 1 aliphatic carbocycles. The molecule has 1 saturated carbocycles. The second kappa shape index (κ2) is 5.70. The Morgan fingerprint density at radius 1 is 1.58 bits per heavy atom.